The summed E-state index contributed by atoms with van der Waals surface area (Å²) in [5, 5.41) is 0. The van der Waals surface area contributed by atoms with E-state index in [1.807, 2.05) is 0 Å². The molecule has 18 heavy (non-hydrogen) atoms. The number of carbonyl (C=O) groups is 2. The highest BCUT2D eigenvalue weighted by Gasteiger charge is 2.29. The number of aromatic nitrogens is 1. The standard InChI is InChI=1S/C13H18N2O3/c1-2-18-13(17)10-5-4-8-15(9-10)12(16)11-6-3-7-14-11/h3,6-7,10,14H,2,4-5,8-9H2,1H3. The summed E-state index contributed by atoms with van der Waals surface area (Å²) >= 11 is 0. The van der Waals surface area contributed by atoms with Gasteiger partial charge < -0.3 is 14.6 Å². The number of hydrogen-bond acceptors (Lipinski definition) is 3. The van der Waals surface area contributed by atoms with Gasteiger partial charge in [0, 0.05) is 19.3 Å². The number of amides is 1. The van der Waals surface area contributed by atoms with Gasteiger partial charge in [0.05, 0.1) is 12.5 Å². The number of H-pyrrole nitrogens is 1. The van der Waals surface area contributed by atoms with Gasteiger partial charge in [0.1, 0.15) is 5.69 Å². The van der Waals surface area contributed by atoms with E-state index in [0.717, 1.165) is 12.8 Å². The number of likely N-dealkylation sites (tertiary alicyclic amines) is 1. The highest BCUT2D eigenvalue weighted by molar-refractivity contribution is 5.92. The number of hydrogen-bond donors (Lipinski definition) is 1. The zero-order chi connectivity index (χ0) is 13.0. The third kappa shape index (κ3) is 2.72. The molecule has 5 heteroatoms. The molecule has 0 aliphatic carbocycles. The summed E-state index contributed by atoms with van der Waals surface area (Å²) in [5.74, 6) is -0.423. The van der Waals surface area contributed by atoms with Crippen LogP contribution in [-0.4, -0.2) is 41.5 Å². The van der Waals surface area contributed by atoms with Crippen LogP contribution >= 0.6 is 0 Å². The Bertz CT molecular complexity index is 414. The fourth-order valence-electron chi connectivity index (χ4n) is 2.25. The molecule has 1 aromatic heterocycles. The van der Waals surface area contributed by atoms with Crippen molar-refractivity contribution in [1.29, 1.82) is 0 Å². The van der Waals surface area contributed by atoms with E-state index in [-0.39, 0.29) is 17.8 Å². The van der Waals surface area contributed by atoms with Gasteiger partial charge in [-0.05, 0) is 31.9 Å². The van der Waals surface area contributed by atoms with Crippen LogP contribution in [0, 0.1) is 5.92 Å². The number of rotatable bonds is 3. The number of esters is 1. The van der Waals surface area contributed by atoms with Crippen molar-refractivity contribution in [2.24, 2.45) is 5.92 Å². The Morgan fingerprint density at radius 1 is 1.56 bits per heavy atom. The second-order valence-electron chi connectivity index (χ2n) is 4.43. The summed E-state index contributed by atoms with van der Waals surface area (Å²) < 4.78 is 5.02. The maximum atomic E-state index is 12.1. The quantitative estimate of drug-likeness (QED) is 0.825. The fraction of sp³-hybridized carbons (Fsp3) is 0.538. The van der Waals surface area contributed by atoms with Gasteiger partial charge in [-0.15, -0.1) is 0 Å². The summed E-state index contributed by atoms with van der Waals surface area (Å²) in [6.45, 7) is 3.34. The van der Waals surface area contributed by atoms with Gasteiger partial charge in [-0.25, -0.2) is 0 Å². The van der Waals surface area contributed by atoms with E-state index in [1.165, 1.54) is 0 Å². The van der Waals surface area contributed by atoms with Crippen LogP contribution < -0.4 is 0 Å². The molecule has 0 radical (unpaired) electrons. The van der Waals surface area contributed by atoms with E-state index in [1.54, 1.807) is 30.2 Å². The van der Waals surface area contributed by atoms with Crippen LogP contribution in [0.1, 0.15) is 30.3 Å². The monoisotopic (exact) mass is 250 g/mol. The van der Waals surface area contributed by atoms with Gasteiger partial charge in [0.15, 0.2) is 0 Å². The van der Waals surface area contributed by atoms with Gasteiger partial charge in [-0.2, -0.15) is 0 Å². The summed E-state index contributed by atoms with van der Waals surface area (Å²) in [6, 6.07) is 3.54. The smallest absolute Gasteiger partial charge is 0.310 e. The molecular formula is C13H18N2O3. The molecule has 1 aliphatic heterocycles. The van der Waals surface area contributed by atoms with Gasteiger partial charge in [0.2, 0.25) is 0 Å². The lowest BCUT2D eigenvalue weighted by Gasteiger charge is -2.31. The van der Waals surface area contributed by atoms with Crippen LogP contribution in [0.25, 0.3) is 0 Å². The zero-order valence-electron chi connectivity index (χ0n) is 10.5. The molecule has 0 spiro atoms. The molecule has 2 rings (SSSR count). The molecule has 0 aromatic carbocycles. The molecule has 2 heterocycles. The van der Waals surface area contributed by atoms with Crippen LogP contribution in [-0.2, 0) is 9.53 Å². The zero-order valence-corrected chi connectivity index (χ0v) is 10.5. The van der Waals surface area contributed by atoms with Crippen LogP contribution in [0.3, 0.4) is 0 Å². The molecule has 1 unspecified atom stereocenters. The number of nitrogens with zero attached hydrogens (tertiary/aromatic N) is 1. The minimum absolute atomic E-state index is 0.0472. The molecule has 98 valence electrons. The van der Waals surface area contributed by atoms with Crippen molar-refractivity contribution in [3.63, 3.8) is 0 Å². The average Bonchev–Trinajstić information content (AvgIpc) is 2.92. The predicted molar refractivity (Wildman–Crippen MR) is 66.1 cm³/mol. The SMILES string of the molecule is CCOC(=O)C1CCCN(C(=O)c2ccc[nH]2)C1. The van der Waals surface area contributed by atoms with Crippen molar-refractivity contribution in [2.45, 2.75) is 19.8 Å². The topological polar surface area (TPSA) is 62.4 Å². The number of ether oxygens (including phenoxy) is 1. The molecule has 1 aromatic rings. The number of piperidine rings is 1. The van der Waals surface area contributed by atoms with Crippen molar-refractivity contribution in [2.75, 3.05) is 19.7 Å². The Hall–Kier alpha value is -1.78. The van der Waals surface area contributed by atoms with E-state index >= 15 is 0 Å². The van der Waals surface area contributed by atoms with Crippen LogP contribution in [0.2, 0.25) is 0 Å². The van der Waals surface area contributed by atoms with Crippen LogP contribution in [0.15, 0.2) is 18.3 Å². The predicted octanol–water partition coefficient (Wildman–Crippen LogP) is 1.43. The Morgan fingerprint density at radius 2 is 2.39 bits per heavy atom. The molecule has 1 fully saturated rings. The van der Waals surface area contributed by atoms with Crippen molar-refractivity contribution in [3.8, 4) is 0 Å². The molecule has 0 saturated carbocycles. The molecule has 1 atom stereocenters. The fourth-order valence-corrected chi connectivity index (χ4v) is 2.25. The van der Waals surface area contributed by atoms with Crippen LogP contribution in [0.4, 0.5) is 0 Å². The minimum atomic E-state index is -0.193. The summed E-state index contributed by atoms with van der Waals surface area (Å²) in [5.41, 5.74) is 0.569. The van der Waals surface area contributed by atoms with E-state index in [2.05, 4.69) is 4.98 Å². The second kappa shape index (κ2) is 5.71. The average molecular weight is 250 g/mol. The molecular weight excluding hydrogens is 232 g/mol. The first-order valence-corrected chi connectivity index (χ1v) is 6.31. The Kier molecular flexibility index (Phi) is 4.02. The van der Waals surface area contributed by atoms with Gasteiger partial charge in [0.25, 0.3) is 5.91 Å². The first kappa shape index (κ1) is 12.7. The van der Waals surface area contributed by atoms with Crippen LogP contribution in [0.5, 0.6) is 0 Å². The molecule has 1 amide bonds. The second-order valence-corrected chi connectivity index (χ2v) is 4.43. The Balaban J connectivity index is 1.98. The Morgan fingerprint density at radius 3 is 3.06 bits per heavy atom. The minimum Gasteiger partial charge on any atom is -0.466 e. The molecule has 1 saturated heterocycles. The molecule has 1 N–H and O–H groups in total. The molecule has 1 aliphatic rings. The number of nitrogens with one attached hydrogen (secondary N) is 1. The van der Waals surface area contributed by atoms with Crippen molar-refractivity contribution in [1.82, 2.24) is 9.88 Å². The summed E-state index contributed by atoms with van der Waals surface area (Å²) in [6.07, 6.45) is 3.36. The maximum absolute atomic E-state index is 12.1. The summed E-state index contributed by atoms with van der Waals surface area (Å²) in [7, 11) is 0. The maximum Gasteiger partial charge on any atom is 0.310 e. The first-order chi connectivity index (χ1) is 8.72. The van der Waals surface area contributed by atoms with E-state index in [4.69, 9.17) is 4.74 Å². The lowest BCUT2D eigenvalue weighted by molar-refractivity contribution is -0.149. The number of carbonyl (C=O) groups excluding carboxylic acids is 2. The molecule has 5 nitrogen and oxygen atoms in total. The molecule has 0 bridgehead atoms. The van der Waals surface area contributed by atoms with Crippen molar-refractivity contribution < 1.29 is 14.3 Å². The van der Waals surface area contributed by atoms with E-state index < -0.39 is 0 Å². The summed E-state index contributed by atoms with van der Waals surface area (Å²) in [4.78, 5) is 28.4. The van der Waals surface area contributed by atoms with Crippen molar-refractivity contribution in [3.05, 3.63) is 24.0 Å². The first-order valence-electron chi connectivity index (χ1n) is 6.31. The lowest BCUT2D eigenvalue weighted by Crippen LogP contribution is -2.42. The Labute approximate surface area is 106 Å². The normalized spacial score (nSPS) is 19.6. The van der Waals surface area contributed by atoms with Gasteiger partial charge >= 0.3 is 5.97 Å². The highest BCUT2D eigenvalue weighted by Crippen LogP contribution is 2.19. The van der Waals surface area contributed by atoms with E-state index in [0.29, 0.717) is 25.4 Å². The largest absolute Gasteiger partial charge is 0.466 e. The lowest BCUT2D eigenvalue weighted by atomic mass is 9.98. The third-order valence-electron chi connectivity index (χ3n) is 3.16. The van der Waals surface area contributed by atoms with Gasteiger partial charge in [-0.1, -0.05) is 0 Å². The highest BCUT2D eigenvalue weighted by atomic mass is 16.5. The number of aromatic amines is 1. The van der Waals surface area contributed by atoms with Gasteiger partial charge in [-0.3, -0.25) is 9.59 Å². The van der Waals surface area contributed by atoms with Crippen molar-refractivity contribution >= 4 is 11.9 Å². The van der Waals surface area contributed by atoms with E-state index in [9.17, 15) is 9.59 Å². The third-order valence-corrected chi connectivity index (χ3v) is 3.16.